The summed E-state index contributed by atoms with van der Waals surface area (Å²) < 4.78 is 4.85. The summed E-state index contributed by atoms with van der Waals surface area (Å²) in [7, 11) is 0. The molecule has 19 heavy (non-hydrogen) atoms. The maximum atomic E-state index is 11.4. The van der Waals surface area contributed by atoms with Crippen LogP contribution in [0.15, 0.2) is 41.6 Å². The molecule has 1 atom stereocenters. The third-order valence-electron chi connectivity index (χ3n) is 3.02. The molecule has 5 nitrogen and oxygen atoms in total. The number of hydrogen-bond donors (Lipinski definition) is 2. The number of cyclic esters (lactones) is 1. The number of carboxylic acid groups (broad SMARTS) is 1. The quantitative estimate of drug-likeness (QED) is 0.636. The Hall–Kier alpha value is -2.30. The number of rotatable bonds is 4. The van der Waals surface area contributed by atoms with Crippen LogP contribution in [0.2, 0.25) is 0 Å². The molecule has 1 aliphatic rings. The van der Waals surface area contributed by atoms with Crippen LogP contribution in [0.1, 0.15) is 24.9 Å². The zero-order valence-electron chi connectivity index (χ0n) is 10.6. The largest absolute Gasteiger partial charge is 0.479 e. The number of nitrogens with one attached hydrogen (secondary N) is 1. The van der Waals surface area contributed by atoms with Gasteiger partial charge in [0.2, 0.25) is 0 Å². The minimum absolute atomic E-state index is 0.357. The van der Waals surface area contributed by atoms with Crippen molar-refractivity contribution in [1.29, 1.82) is 0 Å². The lowest BCUT2D eigenvalue weighted by molar-refractivity contribution is -0.139. The number of carbonyl (C=O) groups excluding carboxylic acids is 1. The molecule has 0 spiro atoms. The molecule has 0 amide bonds. The average molecular weight is 261 g/mol. The van der Waals surface area contributed by atoms with Gasteiger partial charge in [-0.2, -0.15) is 0 Å². The molecular formula is C14H15NO4. The van der Waals surface area contributed by atoms with Crippen LogP contribution in [-0.2, 0) is 14.3 Å². The van der Waals surface area contributed by atoms with Gasteiger partial charge in [-0.05, 0) is 12.5 Å². The van der Waals surface area contributed by atoms with E-state index >= 15 is 0 Å². The first-order valence-corrected chi connectivity index (χ1v) is 6.00. The van der Waals surface area contributed by atoms with Crippen LogP contribution in [0.5, 0.6) is 0 Å². The first-order valence-electron chi connectivity index (χ1n) is 6.00. The highest BCUT2D eigenvalue weighted by Gasteiger charge is 2.25. The van der Waals surface area contributed by atoms with Crippen molar-refractivity contribution in [3.8, 4) is 0 Å². The Morgan fingerprint density at radius 1 is 1.37 bits per heavy atom. The Balaban J connectivity index is 2.23. The number of ether oxygens (including phenoxy) is 1. The van der Waals surface area contributed by atoms with Gasteiger partial charge in [0.15, 0.2) is 0 Å². The van der Waals surface area contributed by atoms with Crippen molar-refractivity contribution in [2.75, 3.05) is 6.61 Å². The Kier molecular flexibility index (Phi) is 3.85. The van der Waals surface area contributed by atoms with Crippen LogP contribution in [0.3, 0.4) is 0 Å². The van der Waals surface area contributed by atoms with Gasteiger partial charge in [-0.25, -0.2) is 9.59 Å². The topological polar surface area (TPSA) is 75.6 Å². The Morgan fingerprint density at radius 3 is 2.58 bits per heavy atom. The molecule has 0 radical (unpaired) electrons. The molecule has 0 saturated carbocycles. The van der Waals surface area contributed by atoms with Gasteiger partial charge in [-0.1, -0.05) is 30.3 Å². The maximum absolute atomic E-state index is 11.4. The molecule has 2 N–H and O–H groups in total. The van der Waals surface area contributed by atoms with Gasteiger partial charge in [0.25, 0.3) is 0 Å². The second-order valence-corrected chi connectivity index (χ2v) is 4.32. The summed E-state index contributed by atoms with van der Waals surface area (Å²) in [6.45, 7) is 2.05. The van der Waals surface area contributed by atoms with Crippen molar-refractivity contribution >= 4 is 11.9 Å². The summed E-state index contributed by atoms with van der Waals surface area (Å²) in [4.78, 5) is 22.8. The van der Waals surface area contributed by atoms with Crippen molar-refractivity contribution in [3.05, 3.63) is 47.2 Å². The number of benzene rings is 1. The first kappa shape index (κ1) is 13.1. The van der Waals surface area contributed by atoms with Gasteiger partial charge in [0.05, 0.1) is 12.2 Å². The lowest BCUT2D eigenvalue weighted by Crippen LogP contribution is -2.28. The van der Waals surface area contributed by atoms with Gasteiger partial charge < -0.3 is 15.2 Å². The molecule has 0 aromatic heterocycles. The van der Waals surface area contributed by atoms with Crippen LogP contribution in [-0.4, -0.2) is 23.7 Å². The second-order valence-electron chi connectivity index (χ2n) is 4.32. The molecule has 5 heteroatoms. The van der Waals surface area contributed by atoms with E-state index in [0.717, 1.165) is 0 Å². The fourth-order valence-corrected chi connectivity index (χ4v) is 2.01. The molecular weight excluding hydrogens is 246 g/mol. The average Bonchev–Trinajstić information content (AvgIpc) is 2.82. The highest BCUT2D eigenvalue weighted by Crippen LogP contribution is 2.20. The molecule has 0 bridgehead atoms. The fraction of sp³-hybridized carbons (Fsp3) is 0.286. The minimum Gasteiger partial charge on any atom is -0.479 e. The van der Waals surface area contributed by atoms with Crippen LogP contribution in [0.4, 0.5) is 0 Å². The third kappa shape index (κ3) is 2.93. The summed E-state index contributed by atoms with van der Waals surface area (Å²) >= 11 is 0. The molecule has 1 heterocycles. The SMILES string of the molecule is CC(NC(C(=O)O)c1ccccc1)=C1CCOC1=O. The zero-order chi connectivity index (χ0) is 13.8. The fourth-order valence-electron chi connectivity index (χ4n) is 2.01. The van der Waals surface area contributed by atoms with Crippen molar-refractivity contribution in [2.45, 2.75) is 19.4 Å². The van der Waals surface area contributed by atoms with Crippen molar-refractivity contribution < 1.29 is 19.4 Å². The van der Waals surface area contributed by atoms with Crippen molar-refractivity contribution in [2.24, 2.45) is 0 Å². The van der Waals surface area contributed by atoms with E-state index in [1.54, 1.807) is 31.2 Å². The number of hydrogen-bond acceptors (Lipinski definition) is 4. The van der Waals surface area contributed by atoms with E-state index < -0.39 is 12.0 Å². The number of carboxylic acids is 1. The molecule has 1 aromatic carbocycles. The van der Waals surface area contributed by atoms with Crippen LogP contribution < -0.4 is 5.32 Å². The van der Waals surface area contributed by atoms with Crippen LogP contribution in [0, 0.1) is 0 Å². The lowest BCUT2D eigenvalue weighted by Gasteiger charge is -2.17. The molecule has 2 rings (SSSR count). The second kappa shape index (κ2) is 5.56. The third-order valence-corrected chi connectivity index (χ3v) is 3.02. The summed E-state index contributed by atoms with van der Waals surface area (Å²) in [5.41, 5.74) is 1.71. The molecule has 100 valence electrons. The van der Waals surface area contributed by atoms with E-state index in [2.05, 4.69) is 5.32 Å². The van der Waals surface area contributed by atoms with Crippen LogP contribution in [0.25, 0.3) is 0 Å². The van der Waals surface area contributed by atoms with Crippen molar-refractivity contribution in [1.82, 2.24) is 5.32 Å². The lowest BCUT2D eigenvalue weighted by atomic mass is 10.1. The standard InChI is InChI=1S/C14H15NO4/c1-9(11-7-8-19-14(11)18)15-12(13(16)17)10-5-3-2-4-6-10/h2-6,12,15H,7-8H2,1H3,(H,16,17). The van der Waals surface area contributed by atoms with Gasteiger partial charge in [0, 0.05) is 12.1 Å². The summed E-state index contributed by atoms with van der Waals surface area (Å²) in [5, 5.41) is 12.2. The molecule has 1 saturated heterocycles. The van der Waals surface area contributed by atoms with E-state index in [1.807, 2.05) is 6.07 Å². The predicted molar refractivity (Wildman–Crippen MR) is 68.2 cm³/mol. The van der Waals surface area contributed by atoms with E-state index in [1.165, 1.54) is 0 Å². The highest BCUT2D eigenvalue weighted by molar-refractivity contribution is 5.91. The zero-order valence-corrected chi connectivity index (χ0v) is 10.6. The number of aliphatic carboxylic acids is 1. The van der Waals surface area contributed by atoms with Crippen molar-refractivity contribution in [3.63, 3.8) is 0 Å². The Labute approximate surface area is 110 Å². The normalized spacial score (nSPS) is 18.7. The van der Waals surface area contributed by atoms with E-state index in [0.29, 0.717) is 29.9 Å². The van der Waals surface area contributed by atoms with E-state index in [9.17, 15) is 14.7 Å². The molecule has 1 unspecified atom stereocenters. The minimum atomic E-state index is -0.988. The van der Waals surface area contributed by atoms with Crippen LogP contribution >= 0.6 is 0 Å². The molecule has 1 aromatic rings. The van der Waals surface area contributed by atoms with E-state index in [-0.39, 0.29) is 5.97 Å². The van der Waals surface area contributed by atoms with E-state index in [4.69, 9.17) is 4.74 Å². The number of carbonyl (C=O) groups is 2. The predicted octanol–water partition coefficient (Wildman–Crippen LogP) is 1.62. The summed E-state index contributed by atoms with van der Waals surface area (Å²) in [5.74, 6) is -1.36. The van der Waals surface area contributed by atoms with Gasteiger partial charge in [-0.15, -0.1) is 0 Å². The smallest absolute Gasteiger partial charge is 0.335 e. The van der Waals surface area contributed by atoms with Gasteiger partial charge in [0.1, 0.15) is 6.04 Å². The molecule has 1 fully saturated rings. The molecule has 0 aliphatic carbocycles. The Morgan fingerprint density at radius 2 is 2.05 bits per heavy atom. The Bertz CT molecular complexity index is 522. The number of esters is 1. The summed E-state index contributed by atoms with van der Waals surface area (Å²) in [6.07, 6.45) is 0.513. The summed E-state index contributed by atoms with van der Waals surface area (Å²) in [6, 6.07) is 7.97. The monoisotopic (exact) mass is 261 g/mol. The highest BCUT2D eigenvalue weighted by atomic mass is 16.5. The first-order chi connectivity index (χ1) is 9.09. The molecule has 1 aliphatic heterocycles. The van der Waals surface area contributed by atoms with Gasteiger partial charge in [-0.3, -0.25) is 0 Å². The van der Waals surface area contributed by atoms with Gasteiger partial charge >= 0.3 is 11.9 Å². The maximum Gasteiger partial charge on any atom is 0.335 e. The number of allylic oxidation sites excluding steroid dienone is 1.